The molecule has 0 saturated heterocycles. The number of hydrogen-bond acceptors (Lipinski definition) is 6. The molecule has 0 aliphatic rings. The molecule has 3 rings (SSSR count). The number of nitrogens with zero attached hydrogens (tertiary/aromatic N) is 2. The van der Waals surface area contributed by atoms with Crippen molar-refractivity contribution >= 4 is 27.6 Å². The van der Waals surface area contributed by atoms with E-state index >= 15 is 0 Å². The number of aromatic carboxylic acids is 1. The average molecular weight is 510 g/mol. The van der Waals surface area contributed by atoms with Gasteiger partial charge in [-0.25, -0.2) is 13.1 Å². The average Bonchev–Trinajstić information content (AvgIpc) is 2.74. The van der Waals surface area contributed by atoms with Gasteiger partial charge in [0.15, 0.2) is 0 Å². The van der Waals surface area contributed by atoms with Crippen molar-refractivity contribution < 1.29 is 47.9 Å². The number of nitrogens with one attached hydrogen (secondary N) is 1. The summed E-state index contributed by atoms with van der Waals surface area (Å²) in [5, 5.41) is 11.5. The van der Waals surface area contributed by atoms with Crippen LogP contribution in [0.25, 0.3) is 0 Å². The maximum atomic E-state index is 12.9. The van der Waals surface area contributed by atoms with Gasteiger partial charge in [-0.3, -0.25) is 9.88 Å². The van der Waals surface area contributed by atoms with Gasteiger partial charge >= 0.3 is 29.6 Å². The number of carbonyl (C=O) groups is 1. The molecule has 0 bridgehead atoms. The van der Waals surface area contributed by atoms with Crippen LogP contribution in [0, 0.1) is 0 Å². The predicted molar refractivity (Wildman–Crippen MR) is 125 cm³/mol. The smallest absolute Gasteiger partial charge is 0.545 e. The summed E-state index contributed by atoms with van der Waals surface area (Å²) in [5.41, 5.74) is 1.15. The van der Waals surface area contributed by atoms with E-state index in [0.717, 1.165) is 11.1 Å². The number of hydrogen-bond donors (Lipinski definition) is 1. The minimum Gasteiger partial charge on any atom is -0.545 e. The second-order valence-electron chi connectivity index (χ2n) is 8.43. The second kappa shape index (κ2) is 12.3. The second-order valence-corrected chi connectivity index (χ2v) is 10.6. The number of rotatable bonds is 10. The first-order valence-corrected chi connectivity index (χ1v) is 12.1. The van der Waals surface area contributed by atoms with Crippen LogP contribution in [0.4, 0.5) is 0 Å². The van der Waals surface area contributed by atoms with Gasteiger partial charge in [0, 0.05) is 42.6 Å². The molecule has 2 aromatic carbocycles. The number of pyridine rings is 1. The molecule has 174 valence electrons. The summed E-state index contributed by atoms with van der Waals surface area (Å²) in [4.78, 5) is 17.4. The summed E-state index contributed by atoms with van der Waals surface area (Å²) >= 11 is 5.88. The number of benzene rings is 2. The molecule has 1 N–H and O–H groups in total. The Morgan fingerprint density at radius 1 is 1.03 bits per heavy atom. The van der Waals surface area contributed by atoms with Crippen molar-refractivity contribution in [3.05, 3.63) is 94.8 Å². The first-order chi connectivity index (χ1) is 15.5. The number of aromatic nitrogens is 1. The maximum Gasteiger partial charge on any atom is 1.00 e. The third kappa shape index (κ3) is 8.46. The summed E-state index contributed by atoms with van der Waals surface area (Å²) in [6.45, 7) is 5.03. The summed E-state index contributed by atoms with van der Waals surface area (Å²) in [6, 6.07) is 16.3. The quantitative estimate of drug-likeness (QED) is 0.382. The van der Waals surface area contributed by atoms with E-state index in [1.807, 2.05) is 26.0 Å². The van der Waals surface area contributed by atoms with Crippen molar-refractivity contribution in [1.29, 1.82) is 0 Å². The van der Waals surface area contributed by atoms with E-state index in [9.17, 15) is 18.3 Å². The molecule has 0 atom stereocenters. The van der Waals surface area contributed by atoms with Crippen LogP contribution in [0.15, 0.2) is 78.0 Å². The zero-order chi connectivity index (χ0) is 24.1. The molecule has 0 spiro atoms. The third-order valence-corrected chi connectivity index (χ3v) is 6.84. The van der Waals surface area contributed by atoms with Crippen LogP contribution in [0.3, 0.4) is 0 Å². The molecule has 3 aromatic rings. The summed E-state index contributed by atoms with van der Waals surface area (Å²) in [6.07, 6.45) is 3.45. The van der Waals surface area contributed by atoms with Crippen molar-refractivity contribution in [2.75, 3.05) is 6.54 Å². The third-order valence-electron chi connectivity index (χ3n) is 4.88. The van der Waals surface area contributed by atoms with Gasteiger partial charge in [-0.2, -0.15) is 0 Å². The van der Waals surface area contributed by atoms with Gasteiger partial charge in [0.2, 0.25) is 10.0 Å². The van der Waals surface area contributed by atoms with Crippen molar-refractivity contribution in [1.82, 2.24) is 14.6 Å². The van der Waals surface area contributed by atoms with Crippen molar-refractivity contribution in [2.45, 2.75) is 37.4 Å². The van der Waals surface area contributed by atoms with E-state index in [1.165, 1.54) is 36.4 Å². The minimum absolute atomic E-state index is 0. The molecule has 34 heavy (non-hydrogen) atoms. The molecule has 0 saturated carbocycles. The molecule has 7 nitrogen and oxygen atoms in total. The molecule has 0 fully saturated rings. The zero-order valence-electron chi connectivity index (χ0n) is 19.4. The molecule has 0 unspecified atom stereocenters. The fourth-order valence-electron chi connectivity index (χ4n) is 3.55. The number of carboxylic acids is 1. The van der Waals surface area contributed by atoms with Crippen LogP contribution < -0.4 is 39.4 Å². The Morgan fingerprint density at radius 2 is 1.65 bits per heavy atom. The largest absolute Gasteiger partial charge is 1.00 e. The van der Waals surface area contributed by atoms with E-state index in [2.05, 4.69) is 14.6 Å². The minimum atomic E-state index is -3.76. The van der Waals surface area contributed by atoms with Crippen LogP contribution in [0.2, 0.25) is 5.02 Å². The number of carbonyl (C=O) groups excluding carboxylic acids is 1. The Bertz CT molecular complexity index is 1190. The van der Waals surface area contributed by atoms with E-state index < -0.39 is 21.5 Å². The predicted octanol–water partition coefficient (Wildman–Crippen LogP) is -0.138. The number of sulfonamides is 1. The van der Waals surface area contributed by atoms with Gasteiger partial charge < -0.3 is 9.90 Å². The molecular formula is C24H25ClN3NaO4S. The molecule has 1 heterocycles. The standard InChI is InChI=1S/C24H26ClN3O4S.Na/c1-24(2,27-33(31,32)22-11-9-21(25)10-12-22)17-28(16-19-4-3-13-26-14-19)15-18-5-7-20(8-6-18)23(29)30;/h3-14,27H,15-17H2,1-2H3,(H,29,30);/q;+1/p-1. The van der Waals surface area contributed by atoms with Crippen molar-refractivity contribution in [3.63, 3.8) is 0 Å². The monoisotopic (exact) mass is 509 g/mol. The fourth-order valence-corrected chi connectivity index (χ4v) is 5.08. The number of carboxylic acid groups (broad SMARTS) is 1. The van der Waals surface area contributed by atoms with Gasteiger partial charge in [-0.15, -0.1) is 0 Å². The van der Waals surface area contributed by atoms with Crippen molar-refractivity contribution in [2.24, 2.45) is 0 Å². The zero-order valence-corrected chi connectivity index (χ0v) is 22.9. The molecule has 0 aliphatic heterocycles. The van der Waals surface area contributed by atoms with Gasteiger partial charge in [0.1, 0.15) is 0 Å². The SMILES string of the molecule is CC(C)(CN(Cc1ccc(C(=O)[O-])cc1)Cc1cccnc1)NS(=O)(=O)c1ccc(Cl)cc1.[Na+]. The summed E-state index contributed by atoms with van der Waals surface area (Å²) < 4.78 is 28.6. The van der Waals surface area contributed by atoms with Crippen LogP contribution in [-0.4, -0.2) is 36.4 Å². The number of halogens is 1. The van der Waals surface area contributed by atoms with E-state index in [0.29, 0.717) is 24.7 Å². The van der Waals surface area contributed by atoms with Gasteiger partial charge in [-0.05, 0) is 60.9 Å². The normalized spacial score (nSPS) is 11.8. The molecule has 0 radical (unpaired) electrons. The Kier molecular flexibility index (Phi) is 10.3. The van der Waals surface area contributed by atoms with Gasteiger partial charge in [0.05, 0.1) is 10.9 Å². The van der Waals surface area contributed by atoms with Gasteiger partial charge in [0.25, 0.3) is 0 Å². The Morgan fingerprint density at radius 3 is 2.21 bits per heavy atom. The topological polar surface area (TPSA) is 102 Å². The van der Waals surface area contributed by atoms with E-state index in [-0.39, 0.29) is 40.0 Å². The van der Waals surface area contributed by atoms with E-state index in [4.69, 9.17) is 11.6 Å². The first-order valence-electron chi connectivity index (χ1n) is 10.3. The summed E-state index contributed by atoms with van der Waals surface area (Å²) in [7, 11) is -3.76. The fraction of sp³-hybridized carbons (Fsp3) is 0.250. The molecule has 0 aliphatic carbocycles. The Labute approximate surface area is 227 Å². The van der Waals surface area contributed by atoms with Crippen LogP contribution in [0.5, 0.6) is 0 Å². The first kappa shape index (κ1) is 28.5. The summed E-state index contributed by atoms with van der Waals surface area (Å²) in [5.74, 6) is -1.23. The van der Waals surface area contributed by atoms with Crippen LogP contribution in [0.1, 0.15) is 35.3 Å². The molecule has 1 aromatic heterocycles. The van der Waals surface area contributed by atoms with Crippen molar-refractivity contribution in [3.8, 4) is 0 Å². The maximum absolute atomic E-state index is 12.9. The van der Waals surface area contributed by atoms with Crippen LogP contribution in [-0.2, 0) is 23.1 Å². The molecule has 10 heteroatoms. The molecular weight excluding hydrogens is 485 g/mol. The Balaban J connectivity index is 0.00000408. The van der Waals surface area contributed by atoms with Crippen LogP contribution >= 0.6 is 11.6 Å². The Hall–Kier alpha value is -1.78. The van der Waals surface area contributed by atoms with E-state index in [1.54, 1.807) is 24.5 Å². The van der Waals surface area contributed by atoms with Gasteiger partial charge in [-0.1, -0.05) is 41.9 Å². The molecule has 0 amide bonds.